The molecule has 0 fully saturated rings. The number of nitrogens with two attached hydrogens (primary N) is 2. The lowest BCUT2D eigenvalue weighted by molar-refractivity contribution is -0.395. The Morgan fingerprint density at radius 3 is 0.755 bits per heavy atom. The van der Waals surface area contributed by atoms with Crippen molar-refractivity contribution in [1.29, 1.82) is 0 Å². The molecule has 9 rings (SSSR count). The number of benzene rings is 9. The Morgan fingerprint density at radius 1 is 0.237 bits per heavy atom. The molecular weight excluding hydrogens is 2140 g/mol. The number of rotatable bonds is 22. The number of nitrogens with zero attached hydrogens (tertiary/aromatic N) is 8. The number of anilines is 2. The van der Waals surface area contributed by atoms with Gasteiger partial charge in [-0.05, 0) is 161 Å². The molecule has 0 atom stereocenters. The molecule has 9 aromatic rings. The molecule has 0 spiro atoms. The Labute approximate surface area is 809 Å². The minimum absolute atomic E-state index is 0.00866. The number of carboxylic acids is 7. The number of nitro groups is 8. The first kappa shape index (κ1) is 119. The van der Waals surface area contributed by atoms with E-state index >= 15 is 0 Å². The van der Waals surface area contributed by atoms with Crippen LogP contribution in [-0.4, -0.2) is 208 Å². The Morgan fingerprint density at radius 2 is 0.453 bits per heavy atom. The number of aromatic carboxylic acids is 7. The molecule has 0 bridgehead atoms. The average molecular weight is 2210 g/mol. The topological polar surface area (TPSA) is 842 Å². The Balaban J connectivity index is 0.000000784. The van der Waals surface area contributed by atoms with Crippen LogP contribution in [0.3, 0.4) is 0 Å². The van der Waals surface area contributed by atoms with Crippen LogP contribution in [-0.2, 0) is 33.2 Å². The minimum atomic E-state index is -1.50. The fourth-order valence-electron chi connectivity index (χ4n) is 10.4. The van der Waals surface area contributed by atoms with Gasteiger partial charge in [-0.15, -0.1) is 0 Å². The van der Waals surface area contributed by atoms with Crippen molar-refractivity contribution in [1.82, 2.24) is 0 Å². The first-order valence-electron chi connectivity index (χ1n) is 36.3. The van der Waals surface area contributed by atoms with Crippen LogP contribution in [0, 0.1) is 122 Å². The van der Waals surface area contributed by atoms with E-state index in [9.17, 15) is 148 Å². The van der Waals surface area contributed by atoms with Crippen LogP contribution in [0.4, 0.5) is 56.9 Å². The third-order valence-electron chi connectivity index (χ3n) is 17.1. The molecule has 58 heteroatoms. The number of esters is 7. The summed E-state index contributed by atoms with van der Waals surface area (Å²) >= 11 is 11.7. The number of carbonyl (C=O) groups excluding carboxylic acids is 7. The van der Waals surface area contributed by atoms with E-state index < -0.39 is 174 Å². The Hall–Kier alpha value is -17.7. The van der Waals surface area contributed by atoms with Gasteiger partial charge >= 0.3 is 83.6 Å². The summed E-state index contributed by atoms with van der Waals surface area (Å²) in [5.74, 6) is -14.0. The summed E-state index contributed by atoms with van der Waals surface area (Å²) in [5.41, 5.74) is 7.95. The number of nitro benzene ring substituents is 8. The number of nitrogen functional groups attached to an aromatic ring is 2. The zero-order chi connectivity index (χ0) is 107. The molecular formula is C81H70Br4N10O44. The van der Waals surface area contributed by atoms with Crippen molar-refractivity contribution < 1.29 is 175 Å². The molecule has 0 unspecified atom stereocenters. The van der Waals surface area contributed by atoms with Crippen LogP contribution < -0.4 is 11.5 Å². The van der Waals surface area contributed by atoms with E-state index in [1.54, 1.807) is 38.1 Å². The van der Waals surface area contributed by atoms with Crippen LogP contribution in [0.1, 0.15) is 178 Å². The van der Waals surface area contributed by atoms with Crippen LogP contribution in [0.5, 0.6) is 0 Å². The van der Waals surface area contributed by atoms with E-state index in [0.717, 1.165) is 95.7 Å². The third-order valence-corrected chi connectivity index (χ3v) is 19.8. The van der Waals surface area contributed by atoms with E-state index in [2.05, 4.69) is 96.9 Å². The number of hydrogen-bond acceptors (Lipinski definition) is 39. The van der Waals surface area contributed by atoms with Crippen molar-refractivity contribution in [3.63, 3.8) is 0 Å². The lowest BCUT2D eigenvalue weighted by Gasteiger charge is -2.09. The molecule has 11 N–H and O–H groups in total. The standard InChI is InChI=1S/C11H11NO6.C11H13NO4.C10H8BrNO6.C9H6BrNO6.C8H4BrNO6.C8H6BrNO4.C8H6N2O6.C8H8N2O4.C8H8O2/c1-6-4-7(10(13)17-2)5-8(12(15)16)9(6)11(14)18-3;1-6-4-7(10(13)15-2)5-8(12)9(6)11(14)16-3;1-17-9(13)5-3-6(11)8(10(14)18-2)7(4-5)12(15)16;1-17-9(14)4-2-5(10)7(8(12)13)6(3-4)11(15)16;9-4-1-3(7(11)12)2-5(10(15)16)6(4)8(13)14;1-4-6(9)2-5(8(11)12)3-7(4)10(13)14;1-4-6(9(13)14)2-5(8(11)12)3-7(4)10(15)16;1-4-6(9)2-5(8(11)12)3-7(4)10(13)14;1-6-2-4-7(5-3-6)8(9)10/h4-5H,1-3H3;4-5H,12H2,1-3H3;3-4H,1-2H3;2-3H,1H3,(H,12,13);1-2H,(H,11,12)(H,13,14);2-3H,1H3,(H,11,12);2-3H,1H3,(H,11,12);2-3H,9H2,1H3,(H,11,12);2-5H,1H3,(H,9,10). The van der Waals surface area contributed by atoms with Gasteiger partial charge in [-0.1, -0.05) is 33.6 Å². The number of carboxylic acid groups (broad SMARTS) is 7. The SMILES string of the molecule is COC(=O)c1cc(Br)c(C(=O)O)c([N+](=O)[O-])c1.COC(=O)c1cc(Br)c(C(=O)OC)c([N+](=O)[O-])c1.COC(=O)c1cc(C)c(C(=O)OC)c(N)c1.COC(=O)c1cc(C)c(C(=O)OC)c([N+](=O)[O-])c1.Cc1c(Br)cc(C(=O)O)cc1[N+](=O)[O-].Cc1c(N)cc(C(=O)O)cc1[N+](=O)[O-].Cc1c([N+](=O)[O-])cc(C(=O)O)cc1[N+](=O)[O-].Cc1ccc(C(=O)O)cc1.O=C(O)c1cc(Br)c(C(=O)O)c([N+](=O)[O-])c1. The van der Waals surface area contributed by atoms with Gasteiger partial charge in [-0.2, -0.15) is 0 Å². The van der Waals surface area contributed by atoms with Gasteiger partial charge in [0.05, 0.1) is 145 Å². The fourth-order valence-corrected chi connectivity index (χ4v) is 12.7. The van der Waals surface area contributed by atoms with Crippen molar-refractivity contribution in [3.05, 3.63) is 331 Å². The first-order valence-corrected chi connectivity index (χ1v) is 39.5. The van der Waals surface area contributed by atoms with Crippen molar-refractivity contribution in [2.45, 2.75) is 41.5 Å². The second kappa shape index (κ2) is 54.5. The summed E-state index contributed by atoms with van der Waals surface area (Å²) in [5, 5.41) is 146. The molecule has 0 aliphatic carbocycles. The zero-order valence-electron chi connectivity index (χ0n) is 73.0. The second-order valence-electron chi connectivity index (χ2n) is 26.0. The minimum Gasteiger partial charge on any atom is -0.478 e. The van der Waals surface area contributed by atoms with Crippen molar-refractivity contribution in [3.8, 4) is 0 Å². The predicted octanol–water partition coefficient (Wildman–Crippen LogP) is 14.9. The maximum Gasteiger partial charge on any atom is 0.346 e. The van der Waals surface area contributed by atoms with Gasteiger partial charge < -0.3 is 80.4 Å². The quantitative estimate of drug-likeness (QED) is 0.0100. The molecule has 9 aromatic carbocycles. The van der Waals surface area contributed by atoms with Gasteiger partial charge in [0.25, 0.3) is 45.5 Å². The fraction of sp³-hybridized carbons (Fsp3) is 0.160. The van der Waals surface area contributed by atoms with E-state index in [1.165, 1.54) is 71.4 Å². The smallest absolute Gasteiger partial charge is 0.346 e. The molecule has 0 aliphatic heterocycles. The first-order chi connectivity index (χ1) is 64.5. The zero-order valence-corrected chi connectivity index (χ0v) is 79.4. The number of aryl methyl sites for hydroxylation is 3. The molecule has 0 saturated heterocycles. The summed E-state index contributed by atoms with van der Waals surface area (Å²) < 4.78 is 31.7. The maximum atomic E-state index is 11.5. The Kier molecular flexibility index (Phi) is 46.7. The number of halogens is 4. The van der Waals surface area contributed by atoms with Gasteiger partial charge in [-0.3, -0.25) is 80.9 Å². The second-order valence-corrected chi connectivity index (χ2v) is 29.4. The largest absolute Gasteiger partial charge is 0.478 e. The van der Waals surface area contributed by atoms with Gasteiger partial charge in [0.2, 0.25) is 0 Å². The average Bonchev–Trinajstić information content (AvgIpc) is 0.785. The molecule has 736 valence electrons. The predicted molar refractivity (Wildman–Crippen MR) is 487 cm³/mol. The number of hydrogen-bond donors (Lipinski definition) is 9. The van der Waals surface area contributed by atoms with Crippen LogP contribution >= 0.6 is 63.7 Å². The lowest BCUT2D eigenvalue weighted by atomic mass is 10.0. The highest BCUT2D eigenvalue weighted by molar-refractivity contribution is 9.11. The molecule has 0 saturated carbocycles. The maximum absolute atomic E-state index is 11.5. The van der Waals surface area contributed by atoms with Crippen molar-refractivity contribution in [2.24, 2.45) is 0 Å². The number of ether oxygens (including phenoxy) is 7. The molecule has 54 nitrogen and oxygen atoms in total. The van der Waals surface area contributed by atoms with Gasteiger partial charge in [0.15, 0.2) is 16.7 Å². The third kappa shape index (κ3) is 34.1. The highest BCUT2D eigenvalue weighted by Gasteiger charge is 2.33. The molecule has 0 radical (unpaired) electrons. The lowest BCUT2D eigenvalue weighted by Crippen LogP contribution is -2.11. The highest BCUT2D eigenvalue weighted by atomic mass is 79.9. The van der Waals surface area contributed by atoms with Gasteiger partial charge in [0.1, 0.15) is 11.1 Å². The molecule has 0 amide bonds. The Bertz CT molecular complexity index is 6250. The summed E-state index contributed by atoms with van der Waals surface area (Å²) in [6, 6.07) is 24.1. The van der Waals surface area contributed by atoms with Crippen molar-refractivity contribution in [2.75, 3.05) is 61.2 Å². The number of methoxy groups -OCH3 is 7. The molecule has 0 aliphatic rings. The van der Waals surface area contributed by atoms with E-state index in [0.29, 0.717) is 32.8 Å². The van der Waals surface area contributed by atoms with Gasteiger partial charge in [-0.25, -0.2) is 67.1 Å². The summed E-state index contributed by atoms with van der Waals surface area (Å²) in [6.45, 7) is 9.29. The summed E-state index contributed by atoms with van der Waals surface area (Å²) in [6.07, 6.45) is 0. The van der Waals surface area contributed by atoms with Crippen LogP contribution in [0.2, 0.25) is 0 Å². The van der Waals surface area contributed by atoms with Gasteiger partial charge in [0, 0.05) is 88.9 Å². The normalized spacial score (nSPS) is 9.73. The van der Waals surface area contributed by atoms with Crippen LogP contribution in [0.15, 0.2) is 139 Å². The van der Waals surface area contributed by atoms with E-state index in [-0.39, 0.29) is 103 Å². The highest BCUT2D eigenvalue weighted by Crippen LogP contribution is 2.36. The summed E-state index contributed by atoms with van der Waals surface area (Å²) in [7, 11) is 8.21. The summed E-state index contributed by atoms with van der Waals surface area (Å²) in [4.78, 5) is 233. The molecule has 139 heavy (non-hydrogen) atoms. The molecule has 0 aromatic heterocycles. The van der Waals surface area contributed by atoms with Crippen molar-refractivity contribution >= 4 is 204 Å². The number of carbonyl (C=O) groups is 14. The monoisotopic (exact) mass is 2200 g/mol. The van der Waals surface area contributed by atoms with E-state index in [4.69, 9.17) is 47.2 Å². The molecule has 0 heterocycles. The van der Waals surface area contributed by atoms with Crippen LogP contribution in [0.25, 0.3) is 0 Å². The van der Waals surface area contributed by atoms with E-state index in [1.807, 2.05) is 6.92 Å².